The van der Waals surface area contributed by atoms with E-state index in [1.807, 2.05) is 48.7 Å². The van der Waals surface area contributed by atoms with Crippen LogP contribution in [0.5, 0.6) is 5.75 Å². The topological polar surface area (TPSA) is 86.5 Å². The molecular weight excluding hydrogens is 436 g/mol. The number of benzene rings is 2. The van der Waals surface area contributed by atoms with E-state index in [0.29, 0.717) is 13.2 Å². The third-order valence-corrected chi connectivity index (χ3v) is 7.31. The van der Waals surface area contributed by atoms with Gasteiger partial charge in [0.25, 0.3) is 10.0 Å². The molecule has 0 radical (unpaired) electrons. The molecule has 7 nitrogen and oxygen atoms in total. The highest BCUT2D eigenvalue weighted by Gasteiger charge is 2.36. The van der Waals surface area contributed by atoms with Crippen LogP contribution in [0.4, 0.5) is 0 Å². The Balaban J connectivity index is 1.31. The largest absolute Gasteiger partial charge is 0.494 e. The average molecular weight is 463 g/mol. The Kier molecular flexibility index (Phi) is 7.23. The SMILES string of the molecule is N#CN(N1CCC[C@@H]1CCCOc1ccc(-c2ccccn2)cc1)S(=O)(=O)c1ccccc1. The van der Waals surface area contributed by atoms with Gasteiger partial charge < -0.3 is 4.74 Å². The first-order valence-electron chi connectivity index (χ1n) is 11.0. The van der Waals surface area contributed by atoms with Crippen molar-refractivity contribution in [3.05, 3.63) is 79.0 Å². The first kappa shape index (κ1) is 22.8. The fraction of sp³-hybridized carbons (Fsp3) is 0.280. The molecule has 2 aromatic carbocycles. The Hall–Kier alpha value is -3.41. The molecular formula is C25H26N4O3S. The number of sulfonamides is 1. The summed E-state index contributed by atoms with van der Waals surface area (Å²) in [5.41, 5.74) is 1.94. The minimum absolute atomic E-state index is 0.0155. The summed E-state index contributed by atoms with van der Waals surface area (Å²) in [4.78, 5) is 4.47. The van der Waals surface area contributed by atoms with E-state index < -0.39 is 10.0 Å². The lowest BCUT2D eigenvalue weighted by Crippen LogP contribution is -2.46. The maximum Gasteiger partial charge on any atom is 0.286 e. The van der Waals surface area contributed by atoms with Crippen LogP contribution in [0.3, 0.4) is 0 Å². The lowest BCUT2D eigenvalue weighted by atomic mass is 10.1. The number of rotatable bonds is 9. The zero-order chi connectivity index (χ0) is 23.1. The van der Waals surface area contributed by atoms with Crippen LogP contribution in [0.2, 0.25) is 0 Å². The molecule has 2 heterocycles. The lowest BCUT2D eigenvalue weighted by Gasteiger charge is -2.31. The van der Waals surface area contributed by atoms with Gasteiger partial charge in [-0.25, -0.2) is 0 Å². The molecule has 0 saturated carbocycles. The molecule has 33 heavy (non-hydrogen) atoms. The van der Waals surface area contributed by atoms with Crippen molar-refractivity contribution in [1.29, 1.82) is 5.26 Å². The highest BCUT2D eigenvalue weighted by Crippen LogP contribution is 2.27. The van der Waals surface area contributed by atoms with Crippen LogP contribution < -0.4 is 4.74 Å². The van der Waals surface area contributed by atoms with E-state index in [1.54, 1.807) is 29.4 Å². The number of pyridine rings is 1. The third kappa shape index (κ3) is 5.33. The Morgan fingerprint density at radius 2 is 1.82 bits per heavy atom. The van der Waals surface area contributed by atoms with Crippen LogP contribution in [-0.2, 0) is 10.0 Å². The molecule has 4 rings (SSSR count). The molecule has 1 atom stereocenters. The van der Waals surface area contributed by atoms with Gasteiger partial charge in [0.05, 0.1) is 17.2 Å². The van der Waals surface area contributed by atoms with E-state index in [4.69, 9.17) is 4.74 Å². The first-order valence-corrected chi connectivity index (χ1v) is 12.4. The van der Waals surface area contributed by atoms with Crippen molar-refractivity contribution in [2.75, 3.05) is 13.2 Å². The van der Waals surface area contributed by atoms with Crippen molar-refractivity contribution in [2.45, 2.75) is 36.6 Å². The maximum absolute atomic E-state index is 13.0. The van der Waals surface area contributed by atoms with E-state index in [2.05, 4.69) is 4.98 Å². The molecule has 8 heteroatoms. The summed E-state index contributed by atoms with van der Waals surface area (Å²) in [6.07, 6.45) is 6.85. The van der Waals surface area contributed by atoms with Crippen LogP contribution in [0.25, 0.3) is 11.3 Å². The number of hydrogen-bond acceptors (Lipinski definition) is 6. The molecule has 1 aliphatic heterocycles. The number of nitriles is 1. The molecule has 1 fully saturated rings. The standard InChI is InChI=1S/C25H26N4O3S/c26-20-29(33(30,31)24-10-2-1-3-11-24)28-18-6-8-22(28)9-7-19-32-23-15-13-21(14-16-23)25-12-4-5-17-27-25/h1-5,10-17,22H,6-9,18-19H2/t22-/m1/s1. The van der Waals surface area contributed by atoms with Gasteiger partial charge >= 0.3 is 0 Å². The fourth-order valence-corrected chi connectivity index (χ4v) is 5.36. The van der Waals surface area contributed by atoms with Gasteiger partial charge in [-0.05, 0) is 74.2 Å². The Labute approximate surface area is 194 Å². The highest BCUT2D eigenvalue weighted by atomic mass is 32.2. The Morgan fingerprint density at radius 1 is 1.06 bits per heavy atom. The molecule has 170 valence electrons. The van der Waals surface area contributed by atoms with Crippen LogP contribution in [-0.4, -0.2) is 42.0 Å². The van der Waals surface area contributed by atoms with Crippen molar-refractivity contribution < 1.29 is 13.2 Å². The van der Waals surface area contributed by atoms with Gasteiger partial charge in [-0.2, -0.15) is 18.7 Å². The summed E-state index contributed by atoms with van der Waals surface area (Å²) in [6, 6.07) is 21.7. The first-order chi connectivity index (χ1) is 16.1. The molecule has 0 N–H and O–H groups in total. The van der Waals surface area contributed by atoms with Gasteiger partial charge in [0.2, 0.25) is 6.19 Å². The monoisotopic (exact) mass is 462 g/mol. The van der Waals surface area contributed by atoms with E-state index >= 15 is 0 Å². The molecule has 1 aromatic heterocycles. The van der Waals surface area contributed by atoms with Gasteiger partial charge in [0.1, 0.15) is 5.75 Å². The van der Waals surface area contributed by atoms with Gasteiger partial charge in [-0.1, -0.05) is 24.3 Å². The molecule has 0 spiro atoms. The molecule has 0 amide bonds. The third-order valence-electron chi connectivity index (χ3n) is 5.70. The Morgan fingerprint density at radius 3 is 2.52 bits per heavy atom. The van der Waals surface area contributed by atoms with Crippen molar-refractivity contribution in [1.82, 2.24) is 14.4 Å². The summed E-state index contributed by atoms with van der Waals surface area (Å²) in [5, 5.41) is 11.3. The molecule has 0 bridgehead atoms. The minimum atomic E-state index is -3.91. The van der Waals surface area contributed by atoms with Gasteiger partial charge in [-0.15, -0.1) is 4.41 Å². The van der Waals surface area contributed by atoms with Crippen molar-refractivity contribution >= 4 is 10.0 Å². The van der Waals surface area contributed by atoms with Crippen LogP contribution in [0.1, 0.15) is 25.7 Å². The molecule has 3 aromatic rings. The summed E-state index contributed by atoms with van der Waals surface area (Å²) in [6.45, 7) is 1.06. The van der Waals surface area contributed by atoms with Crippen molar-refractivity contribution in [3.63, 3.8) is 0 Å². The van der Waals surface area contributed by atoms with E-state index in [9.17, 15) is 13.7 Å². The Bertz CT molecular complexity index is 1180. The summed E-state index contributed by atoms with van der Waals surface area (Å²) < 4.78 is 32.7. The molecule has 1 aliphatic rings. The van der Waals surface area contributed by atoms with E-state index in [1.165, 1.54) is 12.1 Å². The number of hydrazine groups is 1. The van der Waals surface area contributed by atoms with Crippen molar-refractivity contribution in [3.8, 4) is 23.2 Å². The zero-order valence-electron chi connectivity index (χ0n) is 18.2. The summed E-state index contributed by atoms with van der Waals surface area (Å²) >= 11 is 0. The second-order valence-corrected chi connectivity index (χ2v) is 9.62. The van der Waals surface area contributed by atoms with E-state index in [0.717, 1.165) is 47.1 Å². The van der Waals surface area contributed by atoms with Crippen molar-refractivity contribution in [2.24, 2.45) is 0 Å². The predicted molar refractivity (Wildman–Crippen MR) is 125 cm³/mol. The maximum atomic E-state index is 13.0. The van der Waals surface area contributed by atoms with E-state index in [-0.39, 0.29) is 10.9 Å². The quantitative estimate of drug-likeness (QED) is 0.265. The smallest absolute Gasteiger partial charge is 0.286 e. The molecule has 0 unspecified atom stereocenters. The van der Waals surface area contributed by atoms with Gasteiger partial charge in [0.15, 0.2) is 0 Å². The van der Waals surface area contributed by atoms with Gasteiger partial charge in [0, 0.05) is 24.3 Å². The minimum Gasteiger partial charge on any atom is -0.494 e. The number of ether oxygens (including phenoxy) is 1. The average Bonchev–Trinajstić information content (AvgIpc) is 3.31. The number of aromatic nitrogens is 1. The number of nitrogens with zero attached hydrogens (tertiary/aromatic N) is 4. The fourth-order valence-electron chi connectivity index (χ4n) is 4.06. The predicted octanol–water partition coefficient (Wildman–Crippen LogP) is 4.46. The van der Waals surface area contributed by atoms with Crippen LogP contribution in [0, 0.1) is 11.5 Å². The summed E-state index contributed by atoms with van der Waals surface area (Å²) in [7, 11) is -3.91. The van der Waals surface area contributed by atoms with Gasteiger partial charge in [-0.3, -0.25) is 4.98 Å². The molecule has 0 aliphatic carbocycles. The second kappa shape index (κ2) is 10.5. The normalized spacial score (nSPS) is 16.3. The second-order valence-electron chi connectivity index (χ2n) is 7.85. The molecule has 1 saturated heterocycles. The zero-order valence-corrected chi connectivity index (χ0v) is 19.1. The van der Waals surface area contributed by atoms with Crippen LogP contribution >= 0.6 is 0 Å². The lowest BCUT2D eigenvalue weighted by molar-refractivity contribution is 0.0862. The summed E-state index contributed by atoms with van der Waals surface area (Å²) in [5.74, 6) is 0.781. The number of hydrogen-bond donors (Lipinski definition) is 0. The van der Waals surface area contributed by atoms with Crippen LogP contribution in [0.15, 0.2) is 83.9 Å². The highest BCUT2D eigenvalue weighted by molar-refractivity contribution is 7.89.